The molecule has 10 heteroatoms. The third kappa shape index (κ3) is 4.95. The summed E-state index contributed by atoms with van der Waals surface area (Å²) in [6.07, 6.45) is 0. The van der Waals surface area contributed by atoms with Crippen LogP contribution in [0.4, 0.5) is 5.69 Å². The third-order valence-corrected chi connectivity index (χ3v) is 8.92. The summed E-state index contributed by atoms with van der Waals surface area (Å²) in [7, 11) is -3.55. The van der Waals surface area contributed by atoms with Crippen molar-refractivity contribution in [2.75, 3.05) is 31.5 Å². The molecule has 1 unspecified atom stereocenters. The Labute approximate surface area is 185 Å². The number of nitrogens with one attached hydrogen (secondary N) is 1. The van der Waals surface area contributed by atoms with E-state index in [4.69, 9.17) is 23.2 Å². The van der Waals surface area contributed by atoms with E-state index in [1.54, 1.807) is 6.07 Å². The van der Waals surface area contributed by atoms with Crippen LogP contribution in [0, 0.1) is 13.8 Å². The number of nitrogens with zero attached hydrogens (tertiary/aromatic N) is 2. The summed E-state index contributed by atoms with van der Waals surface area (Å²) < 4.78 is 27.6. The lowest BCUT2D eigenvalue weighted by Crippen LogP contribution is -2.53. The number of rotatable bonds is 5. The lowest BCUT2D eigenvalue weighted by atomic mass is 10.1. The van der Waals surface area contributed by atoms with Gasteiger partial charge in [-0.15, -0.1) is 11.3 Å². The number of carbonyl (C=O) groups is 1. The van der Waals surface area contributed by atoms with Crippen molar-refractivity contribution in [2.24, 2.45) is 0 Å². The Morgan fingerprint density at radius 2 is 1.79 bits per heavy atom. The number of aryl methyl sites for hydroxylation is 2. The fraction of sp³-hybridized carbons (Fsp3) is 0.421. The fourth-order valence-corrected chi connectivity index (χ4v) is 6.79. The number of hydrogen-bond acceptors (Lipinski definition) is 5. The Bertz CT molecular complexity index is 992. The Balaban J connectivity index is 1.63. The SMILES string of the molecule is Cc1cc(C)c(NC(=O)C(C)N2CCN(S(=O)(=O)c3ccc(Cl)s3)CC2)c(Cl)c1. The smallest absolute Gasteiger partial charge is 0.252 e. The lowest BCUT2D eigenvalue weighted by Gasteiger charge is -2.36. The van der Waals surface area contributed by atoms with Crippen molar-refractivity contribution in [1.29, 1.82) is 0 Å². The van der Waals surface area contributed by atoms with Gasteiger partial charge in [-0.2, -0.15) is 4.31 Å². The van der Waals surface area contributed by atoms with Crippen molar-refractivity contribution in [3.05, 3.63) is 44.8 Å². The van der Waals surface area contributed by atoms with Gasteiger partial charge in [-0.25, -0.2) is 8.42 Å². The topological polar surface area (TPSA) is 69.7 Å². The standard InChI is InChI=1S/C19H23Cl2N3O3S2/c1-12-10-13(2)18(15(20)11-12)22-19(25)14(3)23-6-8-24(9-7-23)29(26,27)17-5-4-16(21)28-17/h4-5,10-11,14H,6-9H2,1-3H3,(H,22,25). The van der Waals surface area contributed by atoms with Crippen LogP contribution < -0.4 is 5.32 Å². The molecule has 1 aromatic carbocycles. The van der Waals surface area contributed by atoms with Crippen LogP contribution >= 0.6 is 34.5 Å². The first-order valence-electron chi connectivity index (χ1n) is 9.16. The average molecular weight is 476 g/mol. The summed E-state index contributed by atoms with van der Waals surface area (Å²) >= 11 is 13.2. The molecule has 158 valence electrons. The minimum Gasteiger partial charge on any atom is -0.323 e. The molecule has 1 aromatic heterocycles. The molecule has 0 spiro atoms. The van der Waals surface area contributed by atoms with Gasteiger partial charge in [-0.05, 0) is 50.1 Å². The van der Waals surface area contributed by atoms with E-state index in [9.17, 15) is 13.2 Å². The molecular formula is C19H23Cl2N3O3S2. The average Bonchev–Trinajstić information content (AvgIpc) is 3.11. The Morgan fingerprint density at radius 1 is 1.14 bits per heavy atom. The van der Waals surface area contributed by atoms with Gasteiger partial charge in [0.1, 0.15) is 4.21 Å². The van der Waals surface area contributed by atoms with Gasteiger partial charge in [-0.3, -0.25) is 9.69 Å². The summed E-state index contributed by atoms with van der Waals surface area (Å²) in [4.78, 5) is 14.7. The molecule has 0 bridgehead atoms. The molecule has 29 heavy (non-hydrogen) atoms. The van der Waals surface area contributed by atoms with Gasteiger partial charge in [0.25, 0.3) is 10.0 Å². The maximum atomic E-state index is 12.7. The van der Waals surface area contributed by atoms with Crippen molar-refractivity contribution >= 4 is 56.2 Å². The number of hydrogen-bond donors (Lipinski definition) is 1. The van der Waals surface area contributed by atoms with E-state index >= 15 is 0 Å². The van der Waals surface area contributed by atoms with E-state index in [2.05, 4.69) is 5.32 Å². The predicted molar refractivity (Wildman–Crippen MR) is 119 cm³/mol. The van der Waals surface area contributed by atoms with Crippen LogP contribution in [0.25, 0.3) is 0 Å². The van der Waals surface area contributed by atoms with Gasteiger partial charge in [0.2, 0.25) is 5.91 Å². The predicted octanol–water partition coefficient (Wildman–Crippen LogP) is 4.01. The monoisotopic (exact) mass is 475 g/mol. The second-order valence-electron chi connectivity index (χ2n) is 7.10. The molecular weight excluding hydrogens is 453 g/mol. The van der Waals surface area contributed by atoms with E-state index < -0.39 is 16.1 Å². The molecule has 1 saturated heterocycles. The minimum atomic E-state index is -3.55. The molecule has 0 radical (unpaired) electrons. The van der Waals surface area contributed by atoms with Crippen LogP contribution in [0.15, 0.2) is 28.5 Å². The number of amides is 1. The van der Waals surface area contributed by atoms with Crippen LogP contribution in [0.5, 0.6) is 0 Å². The Morgan fingerprint density at radius 3 is 2.34 bits per heavy atom. The number of halogens is 2. The van der Waals surface area contributed by atoms with E-state index in [-0.39, 0.29) is 10.1 Å². The lowest BCUT2D eigenvalue weighted by molar-refractivity contribution is -0.121. The highest BCUT2D eigenvalue weighted by molar-refractivity contribution is 7.91. The molecule has 1 atom stereocenters. The van der Waals surface area contributed by atoms with Crippen molar-refractivity contribution in [3.63, 3.8) is 0 Å². The van der Waals surface area contributed by atoms with Gasteiger partial charge < -0.3 is 5.32 Å². The molecule has 2 aromatic rings. The maximum Gasteiger partial charge on any atom is 0.252 e. The number of thiophene rings is 1. The van der Waals surface area contributed by atoms with E-state index in [0.717, 1.165) is 22.5 Å². The summed E-state index contributed by atoms with van der Waals surface area (Å²) in [5, 5.41) is 3.42. The van der Waals surface area contributed by atoms with Crippen LogP contribution in [0.3, 0.4) is 0 Å². The van der Waals surface area contributed by atoms with E-state index in [1.807, 2.05) is 37.8 Å². The molecule has 6 nitrogen and oxygen atoms in total. The van der Waals surface area contributed by atoms with Crippen molar-refractivity contribution < 1.29 is 13.2 Å². The summed E-state index contributed by atoms with van der Waals surface area (Å²) in [5.74, 6) is -0.166. The Hall–Kier alpha value is -1.16. The molecule has 0 saturated carbocycles. The van der Waals surface area contributed by atoms with Crippen molar-refractivity contribution in [1.82, 2.24) is 9.21 Å². The molecule has 1 fully saturated rings. The second-order valence-corrected chi connectivity index (χ2v) is 11.4. The second kappa shape index (κ2) is 8.91. The quantitative estimate of drug-likeness (QED) is 0.708. The molecule has 2 heterocycles. The molecule has 3 rings (SSSR count). The number of carbonyl (C=O) groups excluding carboxylic acids is 1. The van der Waals surface area contributed by atoms with Gasteiger partial charge in [0, 0.05) is 26.2 Å². The Kier molecular flexibility index (Phi) is 6.92. The fourth-order valence-electron chi connectivity index (χ4n) is 3.36. The number of benzene rings is 1. The zero-order valence-corrected chi connectivity index (χ0v) is 19.6. The zero-order chi connectivity index (χ0) is 21.3. The first-order valence-corrected chi connectivity index (χ1v) is 12.2. The number of anilines is 1. The van der Waals surface area contributed by atoms with E-state index in [0.29, 0.717) is 41.2 Å². The van der Waals surface area contributed by atoms with Crippen molar-refractivity contribution in [3.8, 4) is 0 Å². The molecule has 1 amide bonds. The first kappa shape index (κ1) is 22.5. The van der Waals surface area contributed by atoms with Crippen LogP contribution in [-0.2, 0) is 14.8 Å². The van der Waals surface area contributed by atoms with Gasteiger partial charge in [0.15, 0.2) is 0 Å². The van der Waals surface area contributed by atoms with Crippen LogP contribution in [0.1, 0.15) is 18.1 Å². The van der Waals surface area contributed by atoms with Crippen molar-refractivity contribution in [2.45, 2.75) is 31.0 Å². The third-order valence-electron chi connectivity index (χ3n) is 5.02. The number of sulfonamides is 1. The highest BCUT2D eigenvalue weighted by Gasteiger charge is 2.32. The summed E-state index contributed by atoms with van der Waals surface area (Å²) in [5.41, 5.74) is 2.55. The molecule has 0 aliphatic carbocycles. The minimum absolute atomic E-state index is 0.166. The maximum absolute atomic E-state index is 12.7. The highest BCUT2D eigenvalue weighted by atomic mass is 35.5. The van der Waals surface area contributed by atoms with E-state index in [1.165, 1.54) is 10.4 Å². The molecule has 1 aliphatic rings. The zero-order valence-electron chi connectivity index (χ0n) is 16.4. The normalized spacial score (nSPS) is 17.3. The molecule has 1 N–H and O–H groups in total. The molecule has 1 aliphatic heterocycles. The van der Waals surface area contributed by atoms with Gasteiger partial charge in [0.05, 0.1) is 21.1 Å². The van der Waals surface area contributed by atoms with Gasteiger partial charge >= 0.3 is 0 Å². The van der Waals surface area contributed by atoms with Crippen LogP contribution in [-0.4, -0.2) is 55.8 Å². The summed E-state index contributed by atoms with van der Waals surface area (Å²) in [6.45, 7) is 7.24. The number of piperazine rings is 1. The summed E-state index contributed by atoms with van der Waals surface area (Å²) in [6, 6.07) is 6.48. The van der Waals surface area contributed by atoms with Gasteiger partial charge in [-0.1, -0.05) is 29.3 Å². The first-order chi connectivity index (χ1) is 13.6. The highest BCUT2D eigenvalue weighted by Crippen LogP contribution is 2.29. The van der Waals surface area contributed by atoms with Crippen LogP contribution in [0.2, 0.25) is 9.36 Å². The largest absolute Gasteiger partial charge is 0.323 e.